The van der Waals surface area contributed by atoms with Crippen molar-refractivity contribution >= 4 is 39.2 Å². The molecule has 0 saturated heterocycles. The number of hydrogen-bond donors (Lipinski definition) is 2. The average Bonchev–Trinajstić information content (AvgIpc) is 2.98. The van der Waals surface area contributed by atoms with E-state index in [1.165, 1.54) is 18.6 Å². The number of pyridine rings is 2. The first-order valence-electron chi connectivity index (χ1n) is 13.5. The lowest BCUT2D eigenvalue weighted by atomic mass is 9.95. The molecule has 2 N–H and O–H groups in total. The molecule has 2 aromatic carbocycles. The molecule has 42 heavy (non-hydrogen) atoms. The van der Waals surface area contributed by atoms with Gasteiger partial charge in [0.25, 0.3) is 5.56 Å². The molecular formula is C32H28ClN7O2. The first kappa shape index (κ1) is 27.3. The molecule has 4 aromatic heterocycles. The first-order chi connectivity index (χ1) is 20.1. The fourth-order valence-electron chi connectivity index (χ4n) is 5.13. The van der Waals surface area contributed by atoms with Gasteiger partial charge >= 0.3 is 0 Å². The highest BCUT2D eigenvalue weighted by molar-refractivity contribution is 6.36. The van der Waals surface area contributed by atoms with Crippen LogP contribution in [0.2, 0.25) is 5.02 Å². The van der Waals surface area contributed by atoms with Crippen LogP contribution in [-0.4, -0.2) is 29.5 Å². The minimum atomic E-state index is -0.537. The van der Waals surface area contributed by atoms with Crippen LogP contribution < -0.4 is 16.3 Å². The van der Waals surface area contributed by atoms with Gasteiger partial charge in [0.2, 0.25) is 0 Å². The molecule has 0 amide bonds. The molecule has 6 aromatic rings. The van der Waals surface area contributed by atoms with Gasteiger partial charge in [0, 0.05) is 46.7 Å². The Kier molecular flexibility index (Phi) is 6.82. The molecule has 0 aliphatic heterocycles. The second kappa shape index (κ2) is 10.5. The summed E-state index contributed by atoms with van der Waals surface area (Å²) < 4.78 is 1.61. The zero-order valence-electron chi connectivity index (χ0n) is 23.5. The fourth-order valence-corrected chi connectivity index (χ4v) is 5.53. The van der Waals surface area contributed by atoms with Gasteiger partial charge in [-0.3, -0.25) is 14.2 Å². The lowest BCUT2D eigenvalue weighted by Crippen LogP contribution is -2.27. The molecule has 6 rings (SSSR count). The third-order valence-electron chi connectivity index (χ3n) is 7.14. The molecule has 0 fully saturated rings. The quantitative estimate of drug-likeness (QED) is 0.250. The number of H-pyrrole nitrogens is 1. The van der Waals surface area contributed by atoms with Crippen LogP contribution in [0.5, 0.6) is 0 Å². The number of hydrogen-bond acceptors (Lipinski definition) is 7. The maximum absolute atomic E-state index is 14.5. The second-order valence-electron chi connectivity index (χ2n) is 11.1. The van der Waals surface area contributed by atoms with Crippen LogP contribution in [0.1, 0.15) is 45.3 Å². The summed E-state index contributed by atoms with van der Waals surface area (Å²) in [4.78, 5) is 47.9. The number of nitrogens with zero attached hydrogens (tertiary/aromatic N) is 5. The van der Waals surface area contributed by atoms with E-state index >= 15 is 0 Å². The van der Waals surface area contributed by atoms with E-state index in [1.807, 2.05) is 55.5 Å². The van der Waals surface area contributed by atoms with E-state index in [1.54, 1.807) is 17.0 Å². The highest BCUT2D eigenvalue weighted by atomic mass is 35.5. The van der Waals surface area contributed by atoms with Crippen LogP contribution in [-0.2, 0) is 5.41 Å². The molecule has 210 valence electrons. The predicted molar refractivity (Wildman–Crippen MR) is 166 cm³/mol. The number of nitrogens with one attached hydrogen (secondary N) is 2. The van der Waals surface area contributed by atoms with Crippen molar-refractivity contribution in [3.8, 4) is 16.8 Å². The maximum Gasteiger partial charge on any atom is 0.263 e. The lowest BCUT2D eigenvalue weighted by molar-refractivity contribution is 0.545. The Balaban J connectivity index is 1.58. The zero-order valence-corrected chi connectivity index (χ0v) is 24.3. The molecule has 0 aliphatic rings. The SMILES string of the molecule is C[C@H](Nc1ncnc2[nH]ccc(=O)c12)c1c(Cl)c2cccc(-c3cnc(C(C)(C)C)nc3)c2c(=O)n1-c1ccccc1. The Morgan fingerprint density at radius 1 is 0.905 bits per heavy atom. The highest BCUT2D eigenvalue weighted by Gasteiger charge is 2.25. The van der Waals surface area contributed by atoms with Crippen LogP contribution in [0, 0.1) is 0 Å². The van der Waals surface area contributed by atoms with E-state index in [0.29, 0.717) is 61.0 Å². The molecule has 9 nitrogen and oxygen atoms in total. The van der Waals surface area contributed by atoms with Crippen molar-refractivity contribution in [1.29, 1.82) is 0 Å². The molecule has 0 radical (unpaired) electrons. The second-order valence-corrected chi connectivity index (χ2v) is 11.5. The Labute approximate surface area is 246 Å². The van der Waals surface area contributed by atoms with Gasteiger partial charge in [-0.25, -0.2) is 19.9 Å². The average molecular weight is 578 g/mol. The smallest absolute Gasteiger partial charge is 0.263 e. The van der Waals surface area contributed by atoms with Crippen molar-refractivity contribution in [2.24, 2.45) is 0 Å². The van der Waals surface area contributed by atoms with E-state index < -0.39 is 6.04 Å². The Morgan fingerprint density at radius 3 is 2.36 bits per heavy atom. The number of aromatic amines is 1. The minimum Gasteiger partial charge on any atom is -0.361 e. The number of anilines is 1. The van der Waals surface area contributed by atoms with E-state index in [0.717, 1.165) is 0 Å². The van der Waals surface area contributed by atoms with Crippen LogP contribution in [0.25, 0.3) is 38.6 Å². The summed E-state index contributed by atoms with van der Waals surface area (Å²) in [5, 5.41) is 5.09. The summed E-state index contributed by atoms with van der Waals surface area (Å²) in [6.45, 7) is 8.03. The summed E-state index contributed by atoms with van der Waals surface area (Å²) in [5.74, 6) is 1.05. The van der Waals surface area contributed by atoms with Crippen LogP contribution in [0.15, 0.2) is 89.1 Å². The van der Waals surface area contributed by atoms with E-state index in [4.69, 9.17) is 11.6 Å². The number of aromatic nitrogens is 6. The predicted octanol–water partition coefficient (Wildman–Crippen LogP) is 6.20. The first-order valence-corrected chi connectivity index (χ1v) is 13.9. The molecule has 4 heterocycles. The van der Waals surface area contributed by atoms with Gasteiger partial charge in [-0.15, -0.1) is 0 Å². The van der Waals surface area contributed by atoms with Gasteiger partial charge < -0.3 is 10.3 Å². The largest absolute Gasteiger partial charge is 0.361 e. The number of rotatable bonds is 5. The van der Waals surface area contributed by atoms with Crippen molar-refractivity contribution in [3.63, 3.8) is 0 Å². The molecule has 0 unspecified atom stereocenters. The Morgan fingerprint density at radius 2 is 1.64 bits per heavy atom. The summed E-state index contributed by atoms with van der Waals surface area (Å²) >= 11 is 7.19. The summed E-state index contributed by atoms with van der Waals surface area (Å²) in [7, 11) is 0. The Bertz CT molecular complexity index is 2060. The van der Waals surface area contributed by atoms with E-state index in [2.05, 4.69) is 51.0 Å². The van der Waals surface area contributed by atoms with E-state index in [-0.39, 0.29) is 16.4 Å². The highest BCUT2D eigenvalue weighted by Crippen LogP contribution is 2.36. The van der Waals surface area contributed by atoms with Gasteiger partial charge in [-0.2, -0.15) is 0 Å². The molecule has 10 heteroatoms. The molecule has 0 saturated carbocycles. The minimum absolute atomic E-state index is 0.210. The van der Waals surface area contributed by atoms with Crippen LogP contribution in [0.3, 0.4) is 0 Å². The van der Waals surface area contributed by atoms with Gasteiger partial charge in [0.05, 0.1) is 22.1 Å². The van der Waals surface area contributed by atoms with Crippen LogP contribution in [0.4, 0.5) is 5.82 Å². The van der Waals surface area contributed by atoms with Crippen molar-refractivity contribution < 1.29 is 0 Å². The molecule has 0 aliphatic carbocycles. The fraction of sp³-hybridized carbons (Fsp3) is 0.188. The summed E-state index contributed by atoms with van der Waals surface area (Å²) in [6.07, 6.45) is 6.41. The van der Waals surface area contributed by atoms with Crippen molar-refractivity contribution in [2.45, 2.75) is 39.2 Å². The maximum atomic E-state index is 14.5. The number of para-hydroxylation sites is 1. The van der Waals surface area contributed by atoms with Crippen molar-refractivity contribution in [3.05, 3.63) is 117 Å². The number of benzene rings is 2. The number of fused-ring (bicyclic) bond motifs is 2. The van der Waals surface area contributed by atoms with Gasteiger partial charge in [-0.05, 0) is 24.6 Å². The standard InChI is InChI=1S/C32H28ClN7O2/c1-18(39-29-25-23(41)13-14-34-28(25)37-17-38-29)27-26(33)22-12-8-11-21(19-15-35-31(36-16-19)32(2,3)4)24(22)30(42)40(27)20-9-6-5-7-10-20/h5-18H,1-4H3,(H2,34,37,38,39,41)/t18-/m0/s1. The molecule has 0 bridgehead atoms. The van der Waals surface area contributed by atoms with Gasteiger partial charge in [-0.1, -0.05) is 68.8 Å². The lowest BCUT2D eigenvalue weighted by Gasteiger charge is -2.24. The number of halogens is 1. The van der Waals surface area contributed by atoms with Crippen molar-refractivity contribution in [2.75, 3.05) is 5.32 Å². The van der Waals surface area contributed by atoms with Gasteiger partial charge in [0.1, 0.15) is 29.0 Å². The monoisotopic (exact) mass is 577 g/mol. The normalized spacial score (nSPS) is 12.5. The van der Waals surface area contributed by atoms with Gasteiger partial charge in [0.15, 0.2) is 5.43 Å². The molecule has 0 spiro atoms. The Hall–Kier alpha value is -4.89. The van der Waals surface area contributed by atoms with Crippen molar-refractivity contribution in [1.82, 2.24) is 29.5 Å². The summed E-state index contributed by atoms with van der Waals surface area (Å²) in [5.41, 5.74) is 2.29. The molecule has 1 atom stereocenters. The summed E-state index contributed by atoms with van der Waals surface area (Å²) in [6, 6.07) is 15.8. The van der Waals surface area contributed by atoms with Crippen LogP contribution >= 0.6 is 11.6 Å². The third kappa shape index (κ3) is 4.71. The molecular weight excluding hydrogens is 550 g/mol. The third-order valence-corrected chi connectivity index (χ3v) is 7.54. The zero-order chi connectivity index (χ0) is 29.6. The topological polar surface area (TPSA) is 118 Å². The van der Waals surface area contributed by atoms with E-state index in [9.17, 15) is 9.59 Å².